The number of rotatable bonds is 0. The Morgan fingerprint density at radius 3 is 2.90 bits per heavy atom. The molecule has 0 radical (unpaired) electrons. The van der Waals surface area contributed by atoms with E-state index in [9.17, 15) is 0 Å². The highest BCUT2D eigenvalue weighted by Crippen LogP contribution is 2.37. The van der Waals surface area contributed by atoms with Crippen molar-refractivity contribution in [3.05, 3.63) is 46.0 Å². The van der Waals surface area contributed by atoms with Crippen LogP contribution in [0.2, 0.25) is 0 Å². The summed E-state index contributed by atoms with van der Waals surface area (Å²) in [7, 11) is 0. The molecule has 2 heterocycles. The van der Waals surface area contributed by atoms with Crippen LogP contribution in [0, 0.1) is 3.57 Å². The lowest BCUT2D eigenvalue weighted by Crippen LogP contribution is -2.33. The summed E-state index contributed by atoms with van der Waals surface area (Å²) in [5.74, 6) is 6.29. The van der Waals surface area contributed by atoms with Gasteiger partial charge in [0, 0.05) is 14.5 Å². The molecular formula is C15H12IN5. The fourth-order valence-corrected chi connectivity index (χ4v) is 3.17. The van der Waals surface area contributed by atoms with Gasteiger partial charge in [0.1, 0.15) is 12.4 Å². The second-order valence-corrected chi connectivity index (χ2v) is 6.13. The predicted octanol–water partition coefficient (Wildman–Crippen LogP) is 2.81. The zero-order chi connectivity index (χ0) is 14.4. The van der Waals surface area contributed by atoms with Crippen LogP contribution in [0.25, 0.3) is 22.2 Å². The molecule has 0 saturated heterocycles. The number of aromatic nitrogens is 2. The molecule has 0 aliphatic carbocycles. The molecule has 0 unspecified atom stereocenters. The predicted molar refractivity (Wildman–Crippen MR) is 92.3 cm³/mol. The molecule has 3 N–H and O–H groups in total. The van der Waals surface area contributed by atoms with Crippen molar-refractivity contribution in [3.63, 3.8) is 0 Å². The van der Waals surface area contributed by atoms with Crippen molar-refractivity contribution in [1.82, 2.24) is 15.2 Å². The summed E-state index contributed by atoms with van der Waals surface area (Å²) in [5.41, 5.74) is 6.74. The van der Waals surface area contributed by atoms with Gasteiger partial charge in [-0.2, -0.15) is 5.10 Å². The number of benzene rings is 2. The van der Waals surface area contributed by atoms with Crippen LogP contribution >= 0.6 is 22.6 Å². The lowest BCUT2D eigenvalue weighted by molar-refractivity contribution is 0.726. The normalized spacial score (nSPS) is 13.3. The SMILES string of the molecule is NNC1=Nc2ccc(I)cc2-c2c3ccccc3nn2C1. The minimum absolute atomic E-state index is 0.534. The van der Waals surface area contributed by atoms with E-state index < -0.39 is 0 Å². The van der Waals surface area contributed by atoms with E-state index in [0.717, 1.165) is 27.8 Å². The number of amidine groups is 1. The monoisotopic (exact) mass is 389 g/mol. The topological polar surface area (TPSA) is 68.2 Å². The third-order valence-electron chi connectivity index (χ3n) is 3.58. The molecule has 1 aliphatic heterocycles. The molecule has 3 aromatic rings. The van der Waals surface area contributed by atoms with E-state index in [0.29, 0.717) is 12.4 Å². The number of nitrogens with two attached hydrogens (primary N) is 1. The van der Waals surface area contributed by atoms with E-state index in [1.54, 1.807) is 0 Å². The van der Waals surface area contributed by atoms with E-state index in [-0.39, 0.29) is 0 Å². The maximum absolute atomic E-state index is 5.59. The smallest absolute Gasteiger partial charge is 0.138 e. The summed E-state index contributed by atoms with van der Waals surface area (Å²) in [5, 5.41) is 5.81. The number of halogens is 1. The van der Waals surface area contributed by atoms with E-state index in [1.807, 2.05) is 35.0 Å². The van der Waals surface area contributed by atoms with Gasteiger partial charge in [-0.15, -0.1) is 0 Å². The van der Waals surface area contributed by atoms with Crippen molar-refractivity contribution >= 4 is 45.0 Å². The number of aliphatic imine (C=N–C) groups is 1. The van der Waals surface area contributed by atoms with Gasteiger partial charge in [-0.3, -0.25) is 4.68 Å². The van der Waals surface area contributed by atoms with Crippen LogP contribution in [-0.2, 0) is 6.54 Å². The van der Waals surface area contributed by atoms with E-state index in [1.165, 1.54) is 3.57 Å². The largest absolute Gasteiger partial charge is 0.310 e. The minimum Gasteiger partial charge on any atom is -0.310 e. The third-order valence-corrected chi connectivity index (χ3v) is 4.25. The Bertz CT molecular complexity index is 881. The Morgan fingerprint density at radius 1 is 1.19 bits per heavy atom. The van der Waals surface area contributed by atoms with Gasteiger partial charge in [-0.05, 0) is 46.9 Å². The first-order valence-electron chi connectivity index (χ1n) is 6.56. The number of hydrazine groups is 1. The molecule has 0 bridgehead atoms. The van der Waals surface area contributed by atoms with E-state index in [2.05, 4.69) is 50.2 Å². The van der Waals surface area contributed by atoms with E-state index in [4.69, 9.17) is 5.84 Å². The molecule has 4 rings (SSSR count). The van der Waals surface area contributed by atoms with Crippen molar-refractivity contribution < 1.29 is 0 Å². The van der Waals surface area contributed by atoms with Crippen molar-refractivity contribution in [2.75, 3.05) is 0 Å². The fraction of sp³-hybridized carbons (Fsp3) is 0.0667. The maximum atomic E-state index is 5.59. The standard InChI is InChI=1S/C15H12IN5/c16-9-5-6-12-11(7-9)15-10-3-1-2-4-13(10)20-21(15)8-14(18-12)19-17/h1-7H,8,17H2,(H,18,19). The van der Waals surface area contributed by atoms with Crippen molar-refractivity contribution in [2.45, 2.75) is 6.54 Å². The second kappa shape index (κ2) is 4.81. The Labute approximate surface area is 135 Å². The molecule has 0 amide bonds. The molecule has 1 aromatic heterocycles. The molecule has 5 nitrogen and oxygen atoms in total. The summed E-state index contributed by atoms with van der Waals surface area (Å²) in [6.45, 7) is 0.534. The minimum atomic E-state index is 0.534. The highest BCUT2D eigenvalue weighted by atomic mass is 127. The first kappa shape index (κ1) is 12.8. The van der Waals surface area contributed by atoms with Crippen LogP contribution in [0.5, 0.6) is 0 Å². The first-order valence-corrected chi connectivity index (χ1v) is 7.64. The Hall–Kier alpha value is -1.93. The van der Waals surface area contributed by atoms with Crippen molar-refractivity contribution in [1.29, 1.82) is 0 Å². The molecule has 0 saturated carbocycles. The number of nitrogens with one attached hydrogen (secondary N) is 1. The molecule has 6 heteroatoms. The molecule has 0 spiro atoms. The number of nitrogens with zero attached hydrogens (tertiary/aromatic N) is 3. The van der Waals surface area contributed by atoms with Crippen LogP contribution in [0.1, 0.15) is 0 Å². The van der Waals surface area contributed by atoms with Gasteiger partial charge in [0.25, 0.3) is 0 Å². The van der Waals surface area contributed by atoms with Gasteiger partial charge in [-0.25, -0.2) is 10.8 Å². The highest BCUT2D eigenvalue weighted by molar-refractivity contribution is 14.1. The molecule has 0 atom stereocenters. The Morgan fingerprint density at radius 2 is 2.05 bits per heavy atom. The molecular weight excluding hydrogens is 377 g/mol. The Kier molecular flexibility index (Phi) is 2.93. The average molecular weight is 389 g/mol. The summed E-state index contributed by atoms with van der Waals surface area (Å²) in [6, 6.07) is 14.4. The van der Waals surface area contributed by atoms with Crippen LogP contribution in [0.3, 0.4) is 0 Å². The van der Waals surface area contributed by atoms with Gasteiger partial charge < -0.3 is 5.43 Å². The molecule has 104 valence electrons. The van der Waals surface area contributed by atoms with Gasteiger partial charge in [0.2, 0.25) is 0 Å². The zero-order valence-corrected chi connectivity index (χ0v) is 13.2. The summed E-state index contributed by atoms with van der Waals surface area (Å²) in [4.78, 5) is 4.61. The molecule has 2 aromatic carbocycles. The van der Waals surface area contributed by atoms with Gasteiger partial charge in [0.05, 0.1) is 16.9 Å². The van der Waals surface area contributed by atoms with Crippen LogP contribution in [-0.4, -0.2) is 15.6 Å². The maximum Gasteiger partial charge on any atom is 0.138 e. The van der Waals surface area contributed by atoms with Crippen molar-refractivity contribution in [2.24, 2.45) is 10.8 Å². The Balaban J connectivity index is 2.11. The second-order valence-electron chi connectivity index (χ2n) is 4.89. The molecule has 1 aliphatic rings. The zero-order valence-electron chi connectivity index (χ0n) is 11.0. The lowest BCUT2D eigenvalue weighted by atomic mass is 10.1. The van der Waals surface area contributed by atoms with E-state index >= 15 is 0 Å². The number of hydrogen-bond acceptors (Lipinski definition) is 4. The molecule has 21 heavy (non-hydrogen) atoms. The highest BCUT2D eigenvalue weighted by Gasteiger charge is 2.20. The number of hydrogen-bond donors (Lipinski definition) is 2. The summed E-state index contributed by atoms with van der Waals surface area (Å²) >= 11 is 2.32. The van der Waals surface area contributed by atoms with Crippen LogP contribution in [0.4, 0.5) is 5.69 Å². The molecule has 0 fully saturated rings. The summed E-state index contributed by atoms with van der Waals surface area (Å²) in [6.07, 6.45) is 0. The van der Waals surface area contributed by atoms with Gasteiger partial charge in [-0.1, -0.05) is 18.2 Å². The van der Waals surface area contributed by atoms with Crippen LogP contribution < -0.4 is 11.3 Å². The lowest BCUT2D eigenvalue weighted by Gasteiger charge is -2.06. The average Bonchev–Trinajstić information content (AvgIpc) is 2.78. The quantitative estimate of drug-likeness (QED) is 0.353. The third kappa shape index (κ3) is 2.02. The van der Waals surface area contributed by atoms with Gasteiger partial charge in [0.15, 0.2) is 0 Å². The van der Waals surface area contributed by atoms with Gasteiger partial charge >= 0.3 is 0 Å². The first-order chi connectivity index (χ1) is 10.3. The number of fused-ring (bicyclic) bond motifs is 5. The summed E-state index contributed by atoms with van der Waals surface area (Å²) < 4.78 is 3.13. The fourth-order valence-electron chi connectivity index (χ4n) is 2.67. The van der Waals surface area contributed by atoms with Crippen LogP contribution in [0.15, 0.2) is 47.5 Å². The van der Waals surface area contributed by atoms with Crippen molar-refractivity contribution in [3.8, 4) is 11.3 Å².